The van der Waals surface area contributed by atoms with E-state index in [2.05, 4.69) is 4.90 Å². The highest BCUT2D eigenvalue weighted by Gasteiger charge is 2.49. The molecule has 4 unspecified atom stereocenters. The van der Waals surface area contributed by atoms with Crippen molar-refractivity contribution in [3.05, 3.63) is 0 Å². The first-order chi connectivity index (χ1) is 7.96. The van der Waals surface area contributed by atoms with Crippen molar-refractivity contribution < 1.29 is 18.6 Å². The van der Waals surface area contributed by atoms with Gasteiger partial charge >= 0.3 is 0 Å². The maximum atomic E-state index is 11.6. The first-order valence-corrected chi connectivity index (χ1v) is 8.12. The summed E-state index contributed by atoms with van der Waals surface area (Å²) in [6.07, 6.45) is 2.48. The summed E-state index contributed by atoms with van der Waals surface area (Å²) in [5, 5.41) is 19.6. The van der Waals surface area contributed by atoms with Crippen molar-refractivity contribution >= 4 is 9.84 Å². The van der Waals surface area contributed by atoms with Crippen molar-refractivity contribution in [2.24, 2.45) is 0 Å². The van der Waals surface area contributed by atoms with E-state index in [1.165, 1.54) is 0 Å². The van der Waals surface area contributed by atoms with Crippen molar-refractivity contribution in [1.29, 1.82) is 0 Å². The lowest BCUT2D eigenvalue weighted by atomic mass is 9.97. The molecule has 3 fully saturated rings. The van der Waals surface area contributed by atoms with Crippen molar-refractivity contribution in [3.8, 4) is 0 Å². The SMILES string of the molecule is O=S1(=O)CC(O)C(N2C3CCC2CC(O)C3)C1. The molecule has 0 aromatic carbocycles. The number of fused-ring (bicyclic) bond motifs is 2. The van der Waals surface area contributed by atoms with Gasteiger partial charge in [-0.25, -0.2) is 8.42 Å². The van der Waals surface area contributed by atoms with E-state index in [1.54, 1.807) is 0 Å². The van der Waals surface area contributed by atoms with Crippen molar-refractivity contribution in [2.45, 2.75) is 56.0 Å². The van der Waals surface area contributed by atoms with E-state index in [0.29, 0.717) is 0 Å². The van der Waals surface area contributed by atoms with Crippen molar-refractivity contribution in [3.63, 3.8) is 0 Å². The molecule has 3 aliphatic rings. The summed E-state index contributed by atoms with van der Waals surface area (Å²) < 4.78 is 23.1. The number of piperidine rings is 1. The van der Waals surface area contributed by atoms with Crippen LogP contribution in [0.4, 0.5) is 0 Å². The smallest absolute Gasteiger partial charge is 0.154 e. The molecule has 0 aromatic heterocycles. The molecule has 17 heavy (non-hydrogen) atoms. The molecule has 0 aromatic rings. The Morgan fingerprint density at radius 3 is 2.06 bits per heavy atom. The standard InChI is InChI=1S/C11H19NO4S/c13-9-3-7-1-2-8(4-9)12(7)10-5-17(15,16)6-11(10)14/h7-11,13-14H,1-6H2. The lowest BCUT2D eigenvalue weighted by Gasteiger charge is -2.41. The number of aliphatic hydroxyl groups excluding tert-OH is 2. The average Bonchev–Trinajstić information content (AvgIpc) is 2.61. The molecule has 98 valence electrons. The molecular formula is C11H19NO4S. The van der Waals surface area contributed by atoms with Gasteiger partial charge in [0.2, 0.25) is 0 Å². The van der Waals surface area contributed by atoms with Crippen LogP contribution in [0, 0.1) is 0 Å². The molecule has 2 bridgehead atoms. The predicted molar refractivity (Wildman–Crippen MR) is 62.3 cm³/mol. The molecule has 0 aliphatic carbocycles. The largest absolute Gasteiger partial charge is 0.393 e. The van der Waals surface area contributed by atoms with E-state index in [0.717, 1.165) is 25.7 Å². The summed E-state index contributed by atoms with van der Waals surface area (Å²) in [6.45, 7) is 0. The highest BCUT2D eigenvalue weighted by Crippen LogP contribution is 2.39. The summed E-state index contributed by atoms with van der Waals surface area (Å²) in [7, 11) is -3.08. The summed E-state index contributed by atoms with van der Waals surface area (Å²) in [6, 6.07) is 0.276. The van der Waals surface area contributed by atoms with E-state index < -0.39 is 15.9 Å². The quantitative estimate of drug-likeness (QED) is 0.642. The van der Waals surface area contributed by atoms with Gasteiger partial charge in [-0.2, -0.15) is 0 Å². The number of sulfone groups is 1. The molecule has 5 nitrogen and oxygen atoms in total. The monoisotopic (exact) mass is 261 g/mol. The van der Waals surface area contributed by atoms with Gasteiger partial charge in [-0.05, 0) is 25.7 Å². The van der Waals surface area contributed by atoms with Gasteiger partial charge in [0.25, 0.3) is 0 Å². The minimum absolute atomic E-state index is 0.0806. The van der Waals surface area contributed by atoms with Gasteiger partial charge in [-0.15, -0.1) is 0 Å². The average molecular weight is 261 g/mol. The molecule has 0 spiro atoms. The maximum Gasteiger partial charge on any atom is 0.154 e. The van der Waals surface area contributed by atoms with Crippen molar-refractivity contribution in [1.82, 2.24) is 4.90 Å². The van der Waals surface area contributed by atoms with E-state index >= 15 is 0 Å². The molecule has 6 heteroatoms. The summed E-state index contributed by atoms with van der Waals surface area (Å²) in [5.74, 6) is -0.0204. The number of hydrogen-bond donors (Lipinski definition) is 2. The predicted octanol–water partition coefficient (Wildman–Crippen LogP) is -0.868. The zero-order valence-corrected chi connectivity index (χ0v) is 10.5. The Bertz CT molecular complexity index is 396. The fourth-order valence-electron chi connectivity index (χ4n) is 3.82. The summed E-state index contributed by atoms with van der Waals surface area (Å²) in [5.41, 5.74) is 0. The molecule has 0 amide bonds. The lowest BCUT2D eigenvalue weighted by molar-refractivity contribution is -0.0151. The zero-order valence-electron chi connectivity index (χ0n) is 9.70. The van der Waals surface area contributed by atoms with Crippen LogP contribution in [-0.4, -0.2) is 65.4 Å². The number of aliphatic hydroxyl groups is 2. The van der Waals surface area contributed by atoms with Crippen LogP contribution in [0.3, 0.4) is 0 Å². The first-order valence-electron chi connectivity index (χ1n) is 6.30. The maximum absolute atomic E-state index is 11.6. The van der Waals surface area contributed by atoms with Crippen LogP contribution >= 0.6 is 0 Å². The minimum atomic E-state index is -3.08. The topological polar surface area (TPSA) is 77.8 Å². The first kappa shape index (κ1) is 11.9. The van der Waals surface area contributed by atoms with E-state index in [1.807, 2.05) is 0 Å². The molecule has 4 atom stereocenters. The third kappa shape index (κ3) is 2.01. The Morgan fingerprint density at radius 2 is 1.59 bits per heavy atom. The Kier molecular flexibility index (Phi) is 2.74. The molecule has 0 radical (unpaired) electrons. The van der Waals surface area contributed by atoms with E-state index in [9.17, 15) is 18.6 Å². The second-order valence-corrected chi connectivity index (χ2v) is 7.82. The van der Waals surface area contributed by atoms with Crippen LogP contribution in [0.1, 0.15) is 25.7 Å². The van der Waals surface area contributed by atoms with Crippen LogP contribution in [-0.2, 0) is 9.84 Å². The molecular weight excluding hydrogens is 242 g/mol. The molecule has 0 saturated carbocycles. The third-order valence-corrected chi connectivity index (χ3v) is 6.14. The third-order valence-electron chi connectivity index (χ3n) is 4.44. The molecule has 2 N–H and O–H groups in total. The summed E-state index contributed by atoms with van der Waals surface area (Å²) >= 11 is 0. The van der Waals surface area contributed by atoms with Crippen molar-refractivity contribution in [2.75, 3.05) is 11.5 Å². The second-order valence-electron chi connectivity index (χ2n) is 5.67. The molecule has 3 rings (SSSR count). The summed E-state index contributed by atoms with van der Waals surface area (Å²) in [4.78, 5) is 2.18. The van der Waals surface area contributed by atoms with Gasteiger partial charge in [0, 0.05) is 12.1 Å². The van der Waals surface area contributed by atoms with E-state index in [-0.39, 0.29) is 35.7 Å². The highest BCUT2D eigenvalue weighted by atomic mass is 32.2. The van der Waals surface area contributed by atoms with Gasteiger partial charge in [-0.1, -0.05) is 0 Å². The van der Waals surface area contributed by atoms with Crippen LogP contribution in [0.25, 0.3) is 0 Å². The number of rotatable bonds is 1. The minimum Gasteiger partial charge on any atom is -0.393 e. The van der Waals surface area contributed by atoms with Gasteiger partial charge in [0.05, 0.1) is 29.8 Å². The Labute approximate surface area is 101 Å². The van der Waals surface area contributed by atoms with Gasteiger partial charge < -0.3 is 10.2 Å². The highest BCUT2D eigenvalue weighted by molar-refractivity contribution is 7.91. The number of nitrogens with zero attached hydrogens (tertiary/aromatic N) is 1. The molecule has 3 heterocycles. The van der Waals surface area contributed by atoms with E-state index in [4.69, 9.17) is 0 Å². The fourth-order valence-corrected chi connectivity index (χ4v) is 5.61. The van der Waals surface area contributed by atoms with Gasteiger partial charge in [-0.3, -0.25) is 4.90 Å². The molecule has 3 saturated heterocycles. The van der Waals surface area contributed by atoms with Crippen LogP contribution in [0.2, 0.25) is 0 Å². The molecule has 3 aliphatic heterocycles. The van der Waals surface area contributed by atoms with Crippen LogP contribution in [0.5, 0.6) is 0 Å². The Balaban J connectivity index is 1.82. The Hall–Kier alpha value is -0.170. The van der Waals surface area contributed by atoms with Crippen LogP contribution in [0.15, 0.2) is 0 Å². The van der Waals surface area contributed by atoms with Gasteiger partial charge in [0.15, 0.2) is 9.84 Å². The zero-order chi connectivity index (χ0) is 12.2. The fraction of sp³-hybridized carbons (Fsp3) is 1.00. The van der Waals surface area contributed by atoms with Gasteiger partial charge in [0.1, 0.15) is 0 Å². The second kappa shape index (κ2) is 3.91. The number of hydrogen-bond acceptors (Lipinski definition) is 5. The lowest BCUT2D eigenvalue weighted by Crippen LogP contribution is -2.54. The van der Waals surface area contributed by atoms with Crippen LogP contribution < -0.4 is 0 Å². The normalized spacial score (nSPS) is 49.6. The Morgan fingerprint density at radius 1 is 1.00 bits per heavy atom.